The van der Waals surface area contributed by atoms with Crippen LogP contribution in [0.4, 0.5) is 15.1 Å². The summed E-state index contributed by atoms with van der Waals surface area (Å²) in [5, 5.41) is 2.24. The summed E-state index contributed by atoms with van der Waals surface area (Å²) < 4.78 is 64.3. The normalized spacial score (nSPS) is 12.0. The zero-order valence-corrected chi connectivity index (χ0v) is 17.3. The van der Waals surface area contributed by atoms with Gasteiger partial charge < -0.3 is 18.7 Å². The topological polar surface area (TPSA) is 166 Å². The number of nitrogens with one attached hydrogen (secondary N) is 1. The molecule has 3 rings (SSSR count). The molecule has 0 spiro atoms. The molecule has 0 radical (unpaired) electrons. The van der Waals surface area contributed by atoms with Gasteiger partial charge in [0.1, 0.15) is 23.2 Å². The van der Waals surface area contributed by atoms with Crippen LogP contribution in [-0.4, -0.2) is 41.0 Å². The SMILES string of the molecule is COC(=O)Nc1nc2ccc(OS(=O)(=O)c3cccc(F)c3)cc2n1COP(=O)(O)O. The minimum atomic E-state index is -4.89. The summed E-state index contributed by atoms with van der Waals surface area (Å²) in [4.78, 5) is 33.1. The van der Waals surface area contributed by atoms with Gasteiger partial charge in [-0.05, 0) is 30.3 Å². The zero-order chi connectivity index (χ0) is 22.8. The monoisotopic (exact) mass is 475 g/mol. The smallest absolute Gasteiger partial charge is 0.453 e. The first-order valence-corrected chi connectivity index (χ1v) is 11.2. The second kappa shape index (κ2) is 8.61. The van der Waals surface area contributed by atoms with Crippen LogP contribution >= 0.6 is 7.82 Å². The molecule has 12 nitrogen and oxygen atoms in total. The molecule has 0 aliphatic heterocycles. The molecule has 0 unspecified atom stereocenters. The van der Waals surface area contributed by atoms with Crippen LogP contribution in [0, 0.1) is 5.82 Å². The van der Waals surface area contributed by atoms with Crippen LogP contribution in [0.3, 0.4) is 0 Å². The number of aromatic nitrogens is 2. The van der Waals surface area contributed by atoms with E-state index in [0.717, 1.165) is 29.9 Å². The predicted octanol–water partition coefficient (Wildman–Crippen LogP) is 2.19. The van der Waals surface area contributed by atoms with Gasteiger partial charge in [0.05, 0.1) is 18.1 Å². The second-order valence-electron chi connectivity index (χ2n) is 5.87. The van der Waals surface area contributed by atoms with Gasteiger partial charge in [-0.25, -0.2) is 18.7 Å². The molecule has 0 saturated carbocycles. The van der Waals surface area contributed by atoms with Crippen LogP contribution in [0.5, 0.6) is 5.75 Å². The molecule has 0 aliphatic rings. The molecule has 0 bridgehead atoms. The van der Waals surface area contributed by atoms with Gasteiger partial charge in [-0.1, -0.05) is 6.07 Å². The fourth-order valence-corrected chi connectivity index (χ4v) is 3.67. The van der Waals surface area contributed by atoms with Gasteiger partial charge in [-0.2, -0.15) is 8.42 Å². The third-order valence-electron chi connectivity index (χ3n) is 3.76. The first-order valence-electron chi connectivity index (χ1n) is 8.24. The Labute approximate surface area is 174 Å². The molecule has 0 fully saturated rings. The van der Waals surface area contributed by atoms with Gasteiger partial charge in [-0.15, -0.1) is 0 Å². The molecule has 2 aromatic carbocycles. The fraction of sp³-hybridized carbons (Fsp3) is 0.125. The van der Waals surface area contributed by atoms with Crippen LogP contribution in [0.2, 0.25) is 0 Å². The highest BCUT2D eigenvalue weighted by Crippen LogP contribution is 2.37. The van der Waals surface area contributed by atoms with E-state index in [-0.39, 0.29) is 22.7 Å². The molecule has 1 heterocycles. The number of imidazole rings is 1. The van der Waals surface area contributed by atoms with Crippen molar-refractivity contribution in [2.75, 3.05) is 12.4 Å². The molecule has 31 heavy (non-hydrogen) atoms. The van der Waals surface area contributed by atoms with Gasteiger partial charge in [0.2, 0.25) is 5.95 Å². The highest BCUT2D eigenvalue weighted by atomic mass is 32.2. The minimum absolute atomic E-state index is 0.104. The van der Waals surface area contributed by atoms with Crippen LogP contribution < -0.4 is 9.50 Å². The summed E-state index contributed by atoms with van der Waals surface area (Å²) in [6, 6.07) is 7.97. The van der Waals surface area contributed by atoms with Crippen molar-refractivity contribution in [3.8, 4) is 5.75 Å². The Bertz CT molecular complexity index is 1290. The number of anilines is 1. The first-order chi connectivity index (χ1) is 14.5. The number of amides is 1. The highest BCUT2D eigenvalue weighted by molar-refractivity contribution is 7.87. The number of benzene rings is 2. The van der Waals surface area contributed by atoms with Gasteiger partial charge in [-0.3, -0.25) is 14.4 Å². The molecule has 166 valence electrons. The highest BCUT2D eigenvalue weighted by Gasteiger charge is 2.21. The lowest BCUT2D eigenvalue weighted by atomic mass is 10.3. The van der Waals surface area contributed by atoms with Crippen molar-refractivity contribution in [3.63, 3.8) is 0 Å². The quantitative estimate of drug-likeness (QED) is 0.340. The number of fused-ring (bicyclic) bond motifs is 1. The molecule has 0 saturated heterocycles. The van der Waals surface area contributed by atoms with E-state index in [0.29, 0.717) is 0 Å². The van der Waals surface area contributed by atoms with E-state index in [1.54, 1.807) is 0 Å². The van der Waals surface area contributed by atoms with Gasteiger partial charge in [0.25, 0.3) is 0 Å². The number of hydrogen-bond donors (Lipinski definition) is 3. The summed E-state index contributed by atoms with van der Waals surface area (Å²) in [7, 11) is -8.18. The van der Waals surface area contributed by atoms with Gasteiger partial charge in [0.15, 0.2) is 0 Å². The average Bonchev–Trinajstić information content (AvgIpc) is 3.01. The number of phosphoric acid groups is 1. The number of carbonyl (C=O) groups excluding carboxylic acids is 1. The van der Waals surface area contributed by atoms with Crippen molar-refractivity contribution in [1.82, 2.24) is 9.55 Å². The number of hydrogen-bond acceptors (Lipinski definition) is 8. The van der Waals surface area contributed by atoms with E-state index in [2.05, 4.69) is 19.6 Å². The maximum Gasteiger partial charge on any atom is 0.471 e. The summed E-state index contributed by atoms with van der Waals surface area (Å²) in [5.74, 6) is -1.18. The van der Waals surface area contributed by atoms with Gasteiger partial charge in [0, 0.05) is 6.07 Å². The Hall–Kier alpha value is -3.03. The van der Waals surface area contributed by atoms with Crippen molar-refractivity contribution in [2.45, 2.75) is 11.6 Å². The molecule has 3 N–H and O–H groups in total. The van der Waals surface area contributed by atoms with E-state index in [1.807, 2.05) is 0 Å². The lowest BCUT2D eigenvalue weighted by molar-refractivity contribution is 0.157. The third-order valence-corrected chi connectivity index (χ3v) is 5.46. The number of methoxy groups -OCH3 is 1. The molecule has 0 atom stereocenters. The summed E-state index contributed by atoms with van der Waals surface area (Å²) in [6.07, 6.45) is -0.919. The van der Waals surface area contributed by atoms with Crippen molar-refractivity contribution in [2.24, 2.45) is 0 Å². The van der Waals surface area contributed by atoms with E-state index in [1.165, 1.54) is 24.3 Å². The van der Waals surface area contributed by atoms with E-state index >= 15 is 0 Å². The lowest BCUT2D eigenvalue weighted by Crippen LogP contribution is -2.16. The number of nitrogens with zero attached hydrogens (tertiary/aromatic N) is 2. The molecule has 15 heteroatoms. The van der Waals surface area contributed by atoms with Crippen LogP contribution in [0.1, 0.15) is 0 Å². The number of halogens is 1. The summed E-state index contributed by atoms with van der Waals surface area (Å²) >= 11 is 0. The molecule has 1 aromatic heterocycles. The molecular formula is C16H15FN3O9PS. The lowest BCUT2D eigenvalue weighted by Gasteiger charge is -2.11. The first kappa shape index (κ1) is 22.7. The Morgan fingerprint density at radius 3 is 2.65 bits per heavy atom. The maximum atomic E-state index is 13.4. The van der Waals surface area contributed by atoms with Crippen LogP contribution in [-0.2, 0) is 30.7 Å². The Morgan fingerprint density at radius 2 is 2.00 bits per heavy atom. The van der Waals surface area contributed by atoms with Crippen molar-refractivity contribution in [3.05, 3.63) is 48.3 Å². The van der Waals surface area contributed by atoms with Crippen LogP contribution in [0.15, 0.2) is 47.4 Å². The molecule has 0 aliphatic carbocycles. The predicted molar refractivity (Wildman–Crippen MR) is 103 cm³/mol. The third kappa shape index (κ3) is 5.57. The van der Waals surface area contributed by atoms with E-state index in [4.69, 9.17) is 14.0 Å². The Kier molecular flexibility index (Phi) is 6.29. The van der Waals surface area contributed by atoms with Gasteiger partial charge >= 0.3 is 24.0 Å². The van der Waals surface area contributed by atoms with Crippen molar-refractivity contribution >= 4 is 41.0 Å². The number of rotatable bonds is 7. The summed E-state index contributed by atoms with van der Waals surface area (Å²) in [5.41, 5.74) is 0.308. The van der Waals surface area contributed by atoms with E-state index in [9.17, 15) is 22.2 Å². The summed E-state index contributed by atoms with van der Waals surface area (Å²) in [6.45, 7) is -0.750. The largest absolute Gasteiger partial charge is 0.471 e. The minimum Gasteiger partial charge on any atom is -0.453 e. The number of phosphoric ester groups is 1. The maximum absolute atomic E-state index is 13.4. The standard InChI is InChI=1S/C16H15FN3O9PS/c1-27-16(21)19-15-18-13-6-5-11(8-14(13)20(15)9-28-30(22,23)24)29-31(25,26)12-4-2-3-10(17)7-12/h2-8H,9H2,1H3,(H,18,19,21)(H2,22,23,24). The Balaban J connectivity index is 2.01. The molecule has 3 aromatic rings. The van der Waals surface area contributed by atoms with Crippen molar-refractivity contribution in [1.29, 1.82) is 0 Å². The number of carbonyl (C=O) groups is 1. The van der Waals surface area contributed by atoms with Crippen molar-refractivity contribution < 1.29 is 45.4 Å². The Morgan fingerprint density at radius 1 is 1.26 bits per heavy atom. The van der Waals surface area contributed by atoms with E-state index < -0.39 is 41.5 Å². The van der Waals surface area contributed by atoms with Crippen LogP contribution in [0.25, 0.3) is 11.0 Å². The second-order valence-corrected chi connectivity index (χ2v) is 8.66. The fourth-order valence-electron chi connectivity index (χ4n) is 2.45. The number of ether oxygens (including phenoxy) is 1. The zero-order valence-electron chi connectivity index (χ0n) is 15.6. The molecule has 1 amide bonds. The molecular weight excluding hydrogens is 460 g/mol. The average molecular weight is 475 g/mol.